The third-order valence-corrected chi connectivity index (χ3v) is 5.67. The molecule has 7 heteroatoms. The second-order valence-electron chi connectivity index (χ2n) is 7.86. The van der Waals surface area contributed by atoms with E-state index in [0.717, 1.165) is 5.56 Å². The van der Waals surface area contributed by atoms with Crippen LogP contribution in [-0.2, 0) is 9.59 Å². The number of hydrogen-bond donors (Lipinski definition) is 0. The molecule has 2 aromatic carbocycles. The van der Waals surface area contributed by atoms with Crippen LogP contribution >= 0.6 is 0 Å². The van der Waals surface area contributed by atoms with Crippen molar-refractivity contribution >= 4 is 17.6 Å². The van der Waals surface area contributed by atoms with Crippen LogP contribution in [0, 0.1) is 6.92 Å². The number of benzene rings is 2. The summed E-state index contributed by atoms with van der Waals surface area (Å²) < 4.78 is 11.4. The van der Waals surface area contributed by atoms with Crippen LogP contribution in [0.5, 0.6) is 11.5 Å². The molecule has 2 heterocycles. The molecule has 1 atom stereocenters. The van der Waals surface area contributed by atoms with E-state index in [1.807, 2.05) is 37.3 Å². The van der Waals surface area contributed by atoms with Gasteiger partial charge < -0.3 is 19.3 Å². The zero-order valence-electron chi connectivity index (χ0n) is 17.6. The standard InChI is InChI=1S/C24H26N2O5/c1-17-6-8-18(9-7-17)19(27)10-11-23(28)25-12-14-26(15-13-25)24(29)22-16-30-20-4-2-3-5-21(20)31-22/h2-9,22H,10-16H2,1H3/t22-/m1/s1. The van der Waals surface area contributed by atoms with Gasteiger partial charge in [-0.15, -0.1) is 0 Å². The topological polar surface area (TPSA) is 76.2 Å². The number of nitrogens with zero attached hydrogens (tertiary/aromatic N) is 2. The number of rotatable bonds is 5. The highest BCUT2D eigenvalue weighted by molar-refractivity contribution is 5.98. The number of ether oxygens (including phenoxy) is 2. The molecule has 4 rings (SSSR count). The van der Waals surface area contributed by atoms with E-state index in [0.29, 0.717) is 43.2 Å². The highest BCUT2D eigenvalue weighted by Crippen LogP contribution is 2.31. The van der Waals surface area contributed by atoms with Crippen molar-refractivity contribution in [3.63, 3.8) is 0 Å². The van der Waals surface area contributed by atoms with Gasteiger partial charge in [-0.1, -0.05) is 42.0 Å². The maximum Gasteiger partial charge on any atom is 0.267 e. The summed E-state index contributed by atoms with van der Waals surface area (Å²) in [5.74, 6) is 0.994. The molecule has 0 bridgehead atoms. The Hall–Kier alpha value is -3.35. The Bertz CT molecular complexity index is 964. The number of carbonyl (C=O) groups excluding carboxylic acids is 3. The van der Waals surface area contributed by atoms with Gasteiger partial charge in [-0.3, -0.25) is 14.4 Å². The number of amides is 2. The zero-order chi connectivity index (χ0) is 21.8. The van der Waals surface area contributed by atoms with Crippen LogP contribution in [0.15, 0.2) is 48.5 Å². The van der Waals surface area contributed by atoms with Gasteiger partial charge in [-0.05, 0) is 19.1 Å². The fourth-order valence-electron chi connectivity index (χ4n) is 3.78. The van der Waals surface area contributed by atoms with E-state index in [2.05, 4.69) is 0 Å². The molecule has 7 nitrogen and oxygen atoms in total. The van der Waals surface area contributed by atoms with Crippen LogP contribution < -0.4 is 9.47 Å². The average Bonchev–Trinajstić information content (AvgIpc) is 2.82. The lowest BCUT2D eigenvalue weighted by Crippen LogP contribution is -2.55. The first kappa shape index (κ1) is 20.9. The molecule has 0 spiro atoms. The van der Waals surface area contributed by atoms with Crippen molar-refractivity contribution in [2.45, 2.75) is 25.9 Å². The van der Waals surface area contributed by atoms with E-state index in [1.165, 1.54) is 0 Å². The molecule has 0 unspecified atom stereocenters. The van der Waals surface area contributed by atoms with Crippen molar-refractivity contribution < 1.29 is 23.9 Å². The number of hydrogen-bond acceptors (Lipinski definition) is 5. The lowest BCUT2D eigenvalue weighted by Gasteiger charge is -2.37. The minimum atomic E-state index is -0.677. The lowest BCUT2D eigenvalue weighted by molar-refractivity contribution is -0.146. The Kier molecular flexibility index (Phi) is 6.21. The Labute approximate surface area is 181 Å². The highest BCUT2D eigenvalue weighted by Gasteiger charge is 2.33. The molecule has 2 aliphatic heterocycles. The number of fused-ring (bicyclic) bond motifs is 1. The fourth-order valence-corrected chi connectivity index (χ4v) is 3.78. The van der Waals surface area contributed by atoms with E-state index < -0.39 is 6.10 Å². The Morgan fingerprint density at radius 1 is 0.871 bits per heavy atom. The smallest absolute Gasteiger partial charge is 0.267 e. The van der Waals surface area contributed by atoms with Crippen molar-refractivity contribution in [1.82, 2.24) is 9.80 Å². The first-order valence-electron chi connectivity index (χ1n) is 10.6. The van der Waals surface area contributed by atoms with Crippen molar-refractivity contribution in [1.29, 1.82) is 0 Å². The molecule has 0 aliphatic carbocycles. The van der Waals surface area contributed by atoms with E-state index >= 15 is 0 Å². The number of carbonyl (C=O) groups is 3. The van der Waals surface area contributed by atoms with Crippen LogP contribution in [0.25, 0.3) is 0 Å². The van der Waals surface area contributed by atoms with Gasteiger partial charge in [0.2, 0.25) is 12.0 Å². The SMILES string of the molecule is Cc1ccc(C(=O)CCC(=O)N2CCN(C(=O)[C@H]3COc4ccccc4O3)CC2)cc1. The molecule has 1 saturated heterocycles. The van der Waals surface area contributed by atoms with Gasteiger partial charge in [-0.25, -0.2) is 0 Å². The number of Topliss-reactive ketones (excluding diaryl/α,β-unsaturated/α-hetero) is 1. The lowest BCUT2D eigenvalue weighted by atomic mass is 10.0. The highest BCUT2D eigenvalue weighted by atomic mass is 16.6. The van der Waals surface area contributed by atoms with E-state index in [4.69, 9.17) is 9.47 Å². The molecule has 2 aliphatic rings. The molecule has 0 N–H and O–H groups in total. The summed E-state index contributed by atoms with van der Waals surface area (Å²) in [5.41, 5.74) is 1.72. The molecule has 162 valence electrons. The van der Waals surface area contributed by atoms with Crippen molar-refractivity contribution in [2.24, 2.45) is 0 Å². The van der Waals surface area contributed by atoms with Crippen LogP contribution in [0.3, 0.4) is 0 Å². The predicted molar refractivity (Wildman–Crippen MR) is 114 cm³/mol. The van der Waals surface area contributed by atoms with Gasteiger partial charge in [0.15, 0.2) is 17.3 Å². The number of piperazine rings is 1. The predicted octanol–water partition coefficient (Wildman–Crippen LogP) is 2.47. The molecule has 2 amide bonds. The third-order valence-electron chi connectivity index (χ3n) is 5.67. The summed E-state index contributed by atoms with van der Waals surface area (Å²) in [7, 11) is 0. The summed E-state index contributed by atoms with van der Waals surface area (Å²) in [5, 5.41) is 0. The second-order valence-corrected chi connectivity index (χ2v) is 7.86. The van der Waals surface area contributed by atoms with Crippen molar-refractivity contribution in [3.8, 4) is 11.5 Å². The van der Waals surface area contributed by atoms with Crippen molar-refractivity contribution in [3.05, 3.63) is 59.7 Å². The average molecular weight is 422 g/mol. The Morgan fingerprint density at radius 3 is 2.23 bits per heavy atom. The fraction of sp³-hybridized carbons (Fsp3) is 0.375. The maximum atomic E-state index is 12.8. The molecule has 1 fully saturated rings. The Balaban J connectivity index is 1.24. The van der Waals surface area contributed by atoms with Crippen LogP contribution in [0.4, 0.5) is 0 Å². The summed E-state index contributed by atoms with van der Waals surface area (Å²) in [6.07, 6.45) is -0.311. The summed E-state index contributed by atoms with van der Waals surface area (Å²) in [4.78, 5) is 41.1. The largest absolute Gasteiger partial charge is 0.485 e. The monoisotopic (exact) mass is 422 g/mol. The number of ketones is 1. The van der Waals surface area contributed by atoms with Gasteiger partial charge in [0.25, 0.3) is 5.91 Å². The first-order valence-corrected chi connectivity index (χ1v) is 10.6. The summed E-state index contributed by atoms with van der Waals surface area (Å²) >= 11 is 0. The van der Waals surface area contributed by atoms with E-state index in [1.54, 1.807) is 28.0 Å². The molecule has 0 radical (unpaired) electrons. The minimum absolute atomic E-state index is 0.0307. The van der Waals surface area contributed by atoms with Crippen LogP contribution in [0.1, 0.15) is 28.8 Å². The quantitative estimate of drug-likeness (QED) is 0.692. The Morgan fingerprint density at radius 2 is 1.52 bits per heavy atom. The van der Waals surface area contributed by atoms with Crippen LogP contribution in [0.2, 0.25) is 0 Å². The summed E-state index contributed by atoms with van der Waals surface area (Å²) in [6.45, 7) is 3.93. The molecule has 31 heavy (non-hydrogen) atoms. The first-order chi connectivity index (χ1) is 15.0. The van der Waals surface area contributed by atoms with Gasteiger partial charge in [0, 0.05) is 44.6 Å². The van der Waals surface area contributed by atoms with Gasteiger partial charge in [0.1, 0.15) is 6.61 Å². The maximum absolute atomic E-state index is 12.8. The molecule has 0 aromatic heterocycles. The van der Waals surface area contributed by atoms with E-state index in [9.17, 15) is 14.4 Å². The van der Waals surface area contributed by atoms with Crippen molar-refractivity contribution in [2.75, 3.05) is 32.8 Å². The normalized spacial score (nSPS) is 17.9. The van der Waals surface area contributed by atoms with Gasteiger partial charge >= 0.3 is 0 Å². The number of para-hydroxylation sites is 2. The second kappa shape index (κ2) is 9.20. The van der Waals surface area contributed by atoms with Gasteiger partial charge in [0.05, 0.1) is 0 Å². The molecule has 2 aromatic rings. The zero-order valence-corrected chi connectivity index (χ0v) is 17.6. The van der Waals surface area contributed by atoms with Gasteiger partial charge in [-0.2, -0.15) is 0 Å². The molecular formula is C24H26N2O5. The third kappa shape index (κ3) is 4.87. The van der Waals surface area contributed by atoms with E-state index in [-0.39, 0.29) is 37.0 Å². The molecule has 0 saturated carbocycles. The summed E-state index contributed by atoms with van der Waals surface area (Å²) in [6, 6.07) is 14.7. The molecular weight excluding hydrogens is 396 g/mol. The minimum Gasteiger partial charge on any atom is -0.485 e. The number of aryl methyl sites for hydroxylation is 1. The van der Waals surface area contributed by atoms with Crippen LogP contribution in [-0.4, -0.2) is 66.3 Å².